The van der Waals surface area contributed by atoms with E-state index in [2.05, 4.69) is 18.0 Å². The van der Waals surface area contributed by atoms with Gasteiger partial charge in [0.15, 0.2) is 0 Å². The van der Waals surface area contributed by atoms with Gasteiger partial charge in [0.25, 0.3) is 0 Å². The van der Waals surface area contributed by atoms with E-state index in [1.807, 2.05) is 18.2 Å². The molecule has 14 heavy (non-hydrogen) atoms. The number of hydrogen-bond donors (Lipinski definition) is 0. The lowest BCUT2D eigenvalue weighted by Gasteiger charge is -2.06. The Hall–Kier alpha value is -1.36. The first-order valence-corrected chi connectivity index (χ1v) is 5.19. The molecule has 0 aliphatic rings. The fraction of sp³-hybridized carbons (Fsp3) is 0.500. The van der Waals surface area contributed by atoms with Crippen molar-refractivity contribution >= 4 is 0 Å². The second-order valence-electron chi connectivity index (χ2n) is 3.43. The van der Waals surface area contributed by atoms with E-state index in [4.69, 9.17) is 5.26 Å². The lowest BCUT2D eigenvalue weighted by molar-refractivity contribution is 0.626. The summed E-state index contributed by atoms with van der Waals surface area (Å²) in [5, 5.41) is 8.99. The predicted octanol–water partition coefficient (Wildman–Crippen LogP) is 3.27. The minimum absolute atomic E-state index is 0.0252. The lowest BCUT2D eigenvalue weighted by atomic mass is 9.99. The molecule has 1 unspecified atom stereocenters. The number of nitrogens with zero attached hydrogens (tertiary/aromatic N) is 2. The van der Waals surface area contributed by atoms with Gasteiger partial charge >= 0.3 is 0 Å². The molecule has 0 bridgehead atoms. The topological polar surface area (TPSA) is 36.7 Å². The second-order valence-corrected chi connectivity index (χ2v) is 3.43. The molecule has 1 aromatic heterocycles. The van der Waals surface area contributed by atoms with Crippen LogP contribution in [0.15, 0.2) is 24.4 Å². The maximum atomic E-state index is 8.99. The molecule has 2 heteroatoms. The molecule has 74 valence electrons. The number of hydrogen-bond acceptors (Lipinski definition) is 2. The number of aromatic nitrogens is 1. The Balaban J connectivity index is 2.52. The minimum atomic E-state index is -0.0252. The van der Waals surface area contributed by atoms with Gasteiger partial charge in [-0.25, -0.2) is 0 Å². The quantitative estimate of drug-likeness (QED) is 0.665. The third-order valence-electron chi connectivity index (χ3n) is 2.30. The molecule has 0 amide bonds. The molecule has 2 nitrogen and oxygen atoms in total. The molecule has 0 spiro atoms. The Morgan fingerprint density at radius 2 is 2.29 bits per heavy atom. The predicted molar refractivity (Wildman–Crippen MR) is 56.7 cm³/mol. The van der Waals surface area contributed by atoms with Crippen LogP contribution in [0.5, 0.6) is 0 Å². The molecular formula is C12H16N2. The molecule has 0 fully saturated rings. The highest BCUT2D eigenvalue weighted by Gasteiger charge is 2.10. The largest absolute Gasteiger partial charge is 0.260 e. The lowest BCUT2D eigenvalue weighted by Crippen LogP contribution is -1.98. The summed E-state index contributed by atoms with van der Waals surface area (Å²) in [7, 11) is 0. The van der Waals surface area contributed by atoms with E-state index in [-0.39, 0.29) is 5.92 Å². The summed E-state index contributed by atoms with van der Waals surface area (Å²) in [6, 6.07) is 8.06. The Morgan fingerprint density at radius 1 is 1.43 bits per heavy atom. The average molecular weight is 188 g/mol. The SMILES string of the molecule is CCCCCC(C#N)c1ccccn1. The van der Waals surface area contributed by atoms with Crippen molar-refractivity contribution < 1.29 is 0 Å². The van der Waals surface area contributed by atoms with Gasteiger partial charge in [-0.05, 0) is 18.6 Å². The van der Waals surface area contributed by atoms with Gasteiger partial charge in [0, 0.05) is 6.20 Å². The summed E-state index contributed by atoms with van der Waals surface area (Å²) in [4.78, 5) is 4.21. The van der Waals surface area contributed by atoms with Gasteiger partial charge in [0.1, 0.15) is 0 Å². The number of unbranched alkanes of at least 4 members (excludes halogenated alkanes) is 2. The second kappa shape index (κ2) is 6.15. The van der Waals surface area contributed by atoms with Crippen molar-refractivity contribution in [2.24, 2.45) is 0 Å². The molecule has 0 aromatic carbocycles. The van der Waals surface area contributed by atoms with Crippen LogP contribution in [0.2, 0.25) is 0 Å². The van der Waals surface area contributed by atoms with Gasteiger partial charge in [0.05, 0.1) is 17.7 Å². The third-order valence-corrected chi connectivity index (χ3v) is 2.30. The molecule has 0 aliphatic heterocycles. The van der Waals surface area contributed by atoms with Crippen LogP contribution >= 0.6 is 0 Å². The molecule has 1 rings (SSSR count). The van der Waals surface area contributed by atoms with Gasteiger partial charge in [0.2, 0.25) is 0 Å². The number of rotatable bonds is 5. The Morgan fingerprint density at radius 3 is 2.86 bits per heavy atom. The summed E-state index contributed by atoms with van der Waals surface area (Å²) in [5.41, 5.74) is 0.908. The maximum absolute atomic E-state index is 8.99. The molecule has 0 N–H and O–H groups in total. The highest BCUT2D eigenvalue weighted by molar-refractivity contribution is 5.16. The van der Waals surface area contributed by atoms with Crippen molar-refractivity contribution in [2.75, 3.05) is 0 Å². The monoisotopic (exact) mass is 188 g/mol. The average Bonchev–Trinajstić information content (AvgIpc) is 2.26. The van der Waals surface area contributed by atoms with Gasteiger partial charge in [-0.2, -0.15) is 5.26 Å². The maximum Gasteiger partial charge on any atom is 0.0884 e. The first-order valence-electron chi connectivity index (χ1n) is 5.19. The standard InChI is InChI=1S/C12H16N2/c1-2-3-4-7-11(10-13)12-8-5-6-9-14-12/h5-6,8-9,11H,2-4,7H2,1H3. The van der Waals surface area contributed by atoms with Crippen molar-refractivity contribution in [3.8, 4) is 6.07 Å². The number of nitriles is 1. The van der Waals surface area contributed by atoms with Crippen LogP contribution in [0.1, 0.15) is 44.2 Å². The van der Waals surface area contributed by atoms with E-state index in [0.717, 1.165) is 18.5 Å². The number of pyridine rings is 1. The first kappa shape index (κ1) is 10.7. The first-order chi connectivity index (χ1) is 6.88. The van der Waals surface area contributed by atoms with Crippen molar-refractivity contribution in [3.05, 3.63) is 30.1 Å². The summed E-state index contributed by atoms with van der Waals surface area (Å²) in [6.07, 6.45) is 6.19. The van der Waals surface area contributed by atoms with Crippen LogP contribution in [0.4, 0.5) is 0 Å². The summed E-state index contributed by atoms with van der Waals surface area (Å²) in [6.45, 7) is 2.17. The van der Waals surface area contributed by atoms with Crippen molar-refractivity contribution in [3.63, 3.8) is 0 Å². The van der Waals surface area contributed by atoms with Gasteiger partial charge in [-0.1, -0.05) is 32.3 Å². The Bertz CT molecular complexity index is 287. The highest BCUT2D eigenvalue weighted by atomic mass is 14.7. The third kappa shape index (κ3) is 3.18. The Labute approximate surface area is 85.6 Å². The molecule has 1 heterocycles. The van der Waals surface area contributed by atoms with E-state index in [1.165, 1.54) is 12.8 Å². The molecular weight excluding hydrogens is 172 g/mol. The molecule has 1 aromatic rings. The molecule has 0 saturated carbocycles. The zero-order chi connectivity index (χ0) is 10.2. The van der Waals surface area contributed by atoms with Gasteiger partial charge in [-0.3, -0.25) is 4.98 Å². The zero-order valence-corrected chi connectivity index (χ0v) is 8.61. The highest BCUT2D eigenvalue weighted by Crippen LogP contribution is 2.19. The van der Waals surface area contributed by atoms with E-state index >= 15 is 0 Å². The molecule has 0 radical (unpaired) electrons. The zero-order valence-electron chi connectivity index (χ0n) is 8.61. The van der Waals surface area contributed by atoms with Crippen molar-refractivity contribution in [1.82, 2.24) is 4.98 Å². The van der Waals surface area contributed by atoms with Crippen LogP contribution in [0.25, 0.3) is 0 Å². The van der Waals surface area contributed by atoms with E-state index in [0.29, 0.717) is 0 Å². The Kier molecular flexibility index (Phi) is 4.71. The summed E-state index contributed by atoms with van der Waals surface area (Å²) in [5.74, 6) is -0.0252. The van der Waals surface area contributed by atoms with Crippen LogP contribution in [-0.2, 0) is 0 Å². The van der Waals surface area contributed by atoms with Crippen LogP contribution in [-0.4, -0.2) is 4.98 Å². The van der Waals surface area contributed by atoms with E-state index < -0.39 is 0 Å². The summed E-state index contributed by atoms with van der Waals surface area (Å²) < 4.78 is 0. The van der Waals surface area contributed by atoms with E-state index in [1.54, 1.807) is 6.20 Å². The normalized spacial score (nSPS) is 12.0. The van der Waals surface area contributed by atoms with Gasteiger partial charge < -0.3 is 0 Å². The fourth-order valence-electron chi connectivity index (χ4n) is 1.46. The van der Waals surface area contributed by atoms with Crippen LogP contribution in [0, 0.1) is 11.3 Å². The molecule has 1 atom stereocenters. The van der Waals surface area contributed by atoms with E-state index in [9.17, 15) is 0 Å². The minimum Gasteiger partial charge on any atom is -0.260 e. The smallest absolute Gasteiger partial charge is 0.0884 e. The summed E-state index contributed by atoms with van der Waals surface area (Å²) >= 11 is 0. The molecule has 0 saturated heterocycles. The van der Waals surface area contributed by atoms with Crippen molar-refractivity contribution in [2.45, 2.75) is 38.5 Å². The van der Waals surface area contributed by atoms with Crippen molar-refractivity contribution in [1.29, 1.82) is 5.26 Å². The van der Waals surface area contributed by atoms with Crippen LogP contribution in [0.3, 0.4) is 0 Å². The fourth-order valence-corrected chi connectivity index (χ4v) is 1.46. The van der Waals surface area contributed by atoms with Gasteiger partial charge in [-0.15, -0.1) is 0 Å². The molecule has 0 aliphatic carbocycles. The van der Waals surface area contributed by atoms with Crippen LogP contribution < -0.4 is 0 Å².